The van der Waals surface area contributed by atoms with Crippen LogP contribution in [0.25, 0.3) is 21.5 Å². The van der Waals surface area contributed by atoms with Gasteiger partial charge in [-0.15, -0.1) is 0 Å². The summed E-state index contributed by atoms with van der Waals surface area (Å²) in [5, 5.41) is 2.93. The molecule has 4 aliphatic heterocycles. The van der Waals surface area contributed by atoms with Crippen molar-refractivity contribution < 1.29 is 42.8 Å². The molecule has 0 atom stereocenters. The van der Waals surface area contributed by atoms with E-state index in [1.807, 2.05) is 113 Å². The van der Waals surface area contributed by atoms with E-state index in [1.54, 1.807) is 48.5 Å². The first-order valence-corrected chi connectivity index (χ1v) is 23.7. The van der Waals surface area contributed by atoms with Gasteiger partial charge in [0.05, 0.1) is 18.5 Å². The second-order valence-electron chi connectivity index (χ2n) is 18.9. The highest BCUT2D eigenvalue weighted by molar-refractivity contribution is 6.26. The second-order valence-corrected chi connectivity index (χ2v) is 18.9. The number of hydrogen-bond acceptors (Lipinski definition) is 9. The van der Waals surface area contributed by atoms with Gasteiger partial charge in [-0.3, -0.25) is 33.8 Å². The van der Waals surface area contributed by atoms with E-state index in [0.717, 1.165) is 54.5 Å². The highest BCUT2D eigenvalue weighted by atomic mass is 16.5. The van der Waals surface area contributed by atoms with E-state index in [0.29, 0.717) is 33.0 Å². The number of carbonyl (C=O) groups is 6. The van der Waals surface area contributed by atoms with E-state index in [9.17, 15) is 28.8 Å². The van der Waals surface area contributed by atoms with Crippen molar-refractivity contribution in [2.24, 2.45) is 0 Å². The fraction of sp³-hybridized carbons (Fsp3) is 0.203. The molecule has 4 heterocycles. The summed E-state index contributed by atoms with van der Waals surface area (Å²) in [4.78, 5) is 84.8. The second kappa shape index (κ2) is 18.4. The van der Waals surface area contributed by atoms with Crippen molar-refractivity contribution in [3.63, 3.8) is 0 Å². The molecule has 0 unspecified atom stereocenters. The molecule has 12 heteroatoms. The minimum absolute atomic E-state index is 0.0713. The molecule has 4 aliphatic rings. The smallest absolute Gasteiger partial charge is 0.372 e. The first kappa shape index (κ1) is 46.2. The number of anilines is 1. The molecule has 0 N–H and O–H groups in total. The van der Waals surface area contributed by atoms with E-state index in [2.05, 4.69) is 39.8 Å². The number of carbonyl (C=O) groups excluding carboxylic acids is 6. The number of hydrogen-bond donors (Lipinski definition) is 0. The monoisotopic (exact) mass is 943 g/mol. The number of benzene rings is 6. The van der Waals surface area contributed by atoms with Crippen molar-refractivity contribution in [3.05, 3.63) is 203 Å². The first-order valence-electron chi connectivity index (χ1n) is 23.7. The maximum atomic E-state index is 13.5. The van der Waals surface area contributed by atoms with Crippen LogP contribution in [-0.4, -0.2) is 95.0 Å². The molecule has 0 bridgehead atoms. The summed E-state index contributed by atoms with van der Waals surface area (Å²) in [5.41, 5.74) is 6.59. The van der Waals surface area contributed by atoms with Crippen LogP contribution < -0.4 is 4.90 Å². The van der Waals surface area contributed by atoms with Crippen molar-refractivity contribution in [1.82, 2.24) is 9.80 Å². The molecule has 0 aromatic heterocycles. The Morgan fingerprint density at radius 3 is 1.56 bits per heavy atom. The number of nitrogens with zero attached hydrogens (tertiary/aromatic N) is 4. The van der Waals surface area contributed by atoms with E-state index < -0.39 is 46.4 Å². The van der Waals surface area contributed by atoms with Gasteiger partial charge in [-0.1, -0.05) is 129 Å². The van der Waals surface area contributed by atoms with E-state index >= 15 is 0 Å². The topological polar surface area (TPSA) is 134 Å². The predicted molar refractivity (Wildman–Crippen MR) is 272 cm³/mol. The normalized spacial score (nSPS) is 17.2. The zero-order chi connectivity index (χ0) is 49.6. The van der Waals surface area contributed by atoms with Crippen LogP contribution in [0, 0.1) is 0 Å². The van der Waals surface area contributed by atoms with Crippen LogP contribution in [0.3, 0.4) is 0 Å². The lowest BCUT2D eigenvalue weighted by molar-refractivity contribution is -0.428. The van der Waals surface area contributed by atoms with Crippen LogP contribution in [0.2, 0.25) is 0 Å². The van der Waals surface area contributed by atoms with Crippen LogP contribution in [0.4, 0.5) is 11.4 Å². The van der Waals surface area contributed by atoms with Gasteiger partial charge in [0.25, 0.3) is 23.6 Å². The highest BCUT2D eigenvalue weighted by Gasteiger charge is 2.45. The summed E-state index contributed by atoms with van der Waals surface area (Å²) >= 11 is 0. The average Bonchev–Trinajstić information content (AvgIpc) is 3.71. The summed E-state index contributed by atoms with van der Waals surface area (Å²) in [5.74, 6) is -2.64. The van der Waals surface area contributed by atoms with Gasteiger partial charge in [0, 0.05) is 67.5 Å². The van der Waals surface area contributed by atoms with Gasteiger partial charge in [0.2, 0.25) is 12.2 Å². The van der Waals surface area contributed by atoms with Crippen LogP contribution in [0.15, 0.2) is 170 Å². The number of amides is 4. The molecule has 0 aliphatic carbocycles. The number of allylic oxidation sites excluding steroid dienone is 8. The molecule has 0 radical (unpaired) electrons. The molecule has 354 valence electrons. The molecular weight excluding hydrogens is 893 g/mol. The van der Waals surface area contributed by atoms with Crippen molar-refractivity contribution in [2.45, 2.75) is 38.5 Å². The molecule has 6 aromatic rings. The van der Waals surface area contributed by atoms with Crippen molar-refractivity contribution in [3.8, 4) is 0 Å². The number of ether oxygens (including phenoxy) is 2. The Balaban J connectivity index is 0.790. The number of imide groups is 2. The molecular formula is C59H51N4O8+. The quantitative estimate of drug-likeness (QED) is 0.0453. The Hall–Kier alpha value is -8.51. The maximum absolute atomic E-state index is 13.5. The molecule has 6 aromatic carbocycles. The van der Waals surface area contributed by atoms with Gasteiger partial charge in [-0.25, -0.2) is 4.79 Å². The highest BCUT2D eigenvalue weighted by Crippen LogP contribution is 2.47. The number of esters is 2. The van der Waals surface area contributed by atoms with Crippen LogP contribution >= 0.6 is 0 Å². The Kier molecular flexibility index (Phi) is 12.0. The maximum Gasteiger partial charge on any atom is 0.372 e. The molecule has 0 fully saturated rings. The third-order valence-corrected chi connectivity index (χ3v) is 14.0. The predicted octanol–water partition coefficient (Wildman–Crippen LogP) is 9.40. The molecule has 0 saturated heterocycles. The molecule has 4 amide bonds. The summed E-state index contributed by atoms with van der Waals surface area (Å²) in [6, 6.07) is 37.4. The van der Waals surface area contributed by atoms with E-state index in [1.165, 1.54) is 0 Å². The summed E-state index contributed by atoms with van der Waals surface area (Å²) in [6.45, 7) is 7.85. The zero-order valence-electron chi connectivity index (χ0n) is 39.9. The molecule has 12 nitrogen and oxygen atoms in total. The third kappa shape index (κ3) is 8.14. The third-order valence-electron chi connectivity index (χ3n) is 14.0. The van der Waals surface area contributed by atoms with Gasteiger partial charge < -0.3 is 14.4 Å². The molecule has 10 rings (SSSR count). The summed E-state index contributed by atoms with van der Waals surface area (Å²) < 4.78 is 13.3. The number of para-hydroxylation sites is 2. The van der Waals surface area contributed by atoms with Crippen LogP contribution in [-0.2, 0) is 29.9 Å². The zero-order valence-corrected chi connectivity index (χ0v) is 39.9. The Morgan fingerprint density at radius 1 is 0.521 bits per heavy atom. The SMILES string of the molecule is CC1(C)C(/C=C/C=C/C=C/C=C2/N(CC(=O)OCCN3C(=O)c4cccc5cccc(c45)C3=O)c3ccccc3C2(C)C)=[N+](CC(=O)OCCN2C(=O)c3cccc4cccc(c34)C2=O)c2ccccc21. The molecule has 0 spiro atoms. The van der Waals surface area contributed by atoms with E-state index in [-0.39, 0.29) is 39.4 Å². The average molecular weight is 944 g/mol. The van der Waals surface area contributed by atoms with E-state index in [4.69, 9.17) is 9.47 Å². The lowest BCUT2D eigenvalue weighted by atomic mass is 9.81. The number of fused-ring (bicyclic) bond motifs is 2. The minimum atomic E-state index is -0.497. The Morgan fingerprint density at radius 2 is 1.00 bits per heavy atom. The summed E-state index contributed by atoms with van der Waals surface area (Å²) in [7, 11) is 0. The van der Waals surface area contributed by atoms with Crippen molar-refractivity contribution in [2.75, 3.05) is 44.3 Å². The fourth-order valence-corrected chi connectivity index (χ4v) is 10.5. The van der Waals surface area contributed by atoms with Crippen molar-refractivity contribution >= 4 is 74.2 Å². The number of rotatable bonds is 14. The molecule has 71 heavy (non-hydrogen) atoms. The fourth-order valence-electron chi connectivity index (χ4n) is 10.5. The van der Waals surface area contributed by atoms with Gasteiger partial charge in [0.1, 0.15) is 19.8 Å². The first-order chi connectivity index (χ1) is 34.3. The Bertz CT molecular complexity index is 3330. The van der Waals surface area contributed by atoms with Crippen molar-refractivity contribution in [1.29, 1.82) is 0 Å². The lowest BCUT2D eigenvalue weighted by Crippen LogP contribution is -2.42. The Labute approximate surface area is 411 Å². The minimum Gasteiger partial charge on any atom is -0.462 e. The van der Waals surface area contributed by atoms with Crippen LogP contribution in [0.5, 0.6) is 0 Å². The molecule has 0 saturated carbocycles. The summed E-state index contributed by atoms with van der Waals surface area (Å²) in [6.07, 6.45) is 13.5. The van der Waals surface area contributed by atoms with Gasteiger partial charge in [0.15, 0.2) is 5.71 Å². The van der Waals surface area contributed by atoms with Gasteiger partial charge >= 0.3 is 11.9 Å². The largest absolute Gasteiger partial charge is 0.462 e. The lowest BCUT2D eigenvalue weighted by Gasteiger charge is -2.28. The van der Waals surface area contributed by atoms with Crippen LogP contribution in [0.1, 0.15) is 80.3 Å². The van der Waals surface area contributed by atoms with Gasteiger partial charge in [-0.2, -0.15) is 4.58 Å². The standard InChI is InChI=1S/C59H51N4O8/c1-58(2)44-26-10-12-28-46(44)62(36-50(64)70-34-32-60-54(66)40-22-14-18-38-19-15-23-41(52(38)40)55(60)67)48(58)30-8-6-5-7-9-31-49-59(3,4)45-27-11-13-29-47(45)63(49)37-51(65)71-35-33-61-56(68)42-24-16-20-39-21-17-25-43(53(39)42)57(61)69/h5-31H,32-37H2,1-4H3/q+1. The van der Waals surface area contributed by atoms with Gasteiger partial charge in [-0.05, 0) is 66.6 Å².